The van der Waals surface area contributed by atoms with Crippen LogP contribution in [-0.4, -0.2) is 18.6 Å². The maximum atomic E-state index is 10.9. The number of rotatable bonds is 6. The Kier molecular flexibility index (Phi) is 10.4. The summed E-state index contributed by atoms with van der Waals surface area (Å²) in [7, 11) is 0. The van der Waals surface area contributed by atoms with Crippen LogP contribution in [0.25, 0.3) is 0 Å². The molecule has 0 aliphatic carbocycles. The summed E-state index contributed by atoms with van der Waals surface area (Å²) in [6.07, 6.45) is 4.10. The van der Waals surface area contributed by atoms with Gasteiger partial charge in [0.05, 0.1) is 11.5 Å². The van der Waals surface area contributed by atoms with Crippen molar-refractivity contribution in [2.45, 2.75) is 34.1 Å². The fourth-order valence-electron chi connectivity index (χ4n) is 1.15. The van der Waals surface area contributed by atoms with Crippen LogP contribution >= 0.6 is 12.6 Å². The first-order valence-electron chi connectivity index (χ1n) is 6.79. The fourth-order valence-corrected chi connectivity index (χ4v) is 1.22. The van der Waals surface area contributed by atoms with Gasteiger partial charge in [-0.25, -0.2) is 0 Å². The first kappa shape index (κ1) is 18.4. The number of Topliss-reactive ketones (excluding diaryl/α,β-unsaturated/α-hetero) is 1. The predicted molar refractivity (Wildman–Crippen MR) is 88.9 cm³/mol. The van der Waals surface area contributed by atoms with Crippen molar-refractivity contribution in [3.05, 3.63) is 40.9 Å². The molecule has 0 spiro atoms. The molecular weight excluding hydrogens is 270 g/mol. The highest BCUT2D eigenvalue weighted by atomic mass is 32.1. The van der Waals surface area contributed by atoms with Gasteiger partial charge in [-0.15, -0.1) is 12.6 Å². The lowest BCUT2D eigenvalue weighted by Crippen LogP contribution is -1.94. The minimum atomic E-state index is -0.0983. The van der Waals surface area contributed by atoms with E-state index < -0.39 is 0 Å². The molecule has 1 rings (SSSR count). The molecule has 4 heteroatoms. The van der Waals surface area contributed by atoms with Gasteiger partial charge in [-0.3, -0.25) is 9.79 Å². The SMILES string of the molecule is CC.CCCOc1ccc(C=N/C=C(\S)C(C)=O)cc1. The highest BCUT2D eigenvalue weighted by Crippen LogP contribution is 2.11. The Bertz CT molecular complexity index is 450. The van der Waals surface area contributed by atoms with Crippen molar-refractivity contribution in [2.24, 2.45) is 4.99 Å². The van der Waals surface area contributed by atoms with Crippen molar-refractivity contribution in [3.63, 3.8) is 0 Å². The normalized spacial score (nSPS) is 10.9. The molecule has 0 heterocycles. The third-order valence-corrected chi connectivity index (χ3v) is 2.56. The van der Waals surface area contributed by atoms with Gasteiger partial charge in [-0.2, -0.15) is 0 Å². The lowest BCUT2D eigenvalue weighted by Gasteiger charge is -2.03. The van der Waals surface area contributed by atoms with Gasteiger partial charge in [0.25, 0.3) is 0 Å². The standard InChI is InChI=1S/C14H17NO2S.C2H6/c1-3-8-17-13-6-4-12(5-7-13)9-15-10-14(18)11(2)16;1-2/h4-7,9-10,18H,3,8H2,1-2H3;1-2H3/b14-10-,15-9?;. The first-order chi connectivity index (χ1) is 9.63. The molecule has 0 bridgehead atoms. The number of allylic oxidation sites excluding steroid dienone is 1. The van der Waals surface area contributed by atoms with Gasteiger partial charge in [0, 0.05) is 12.4 Å². The number of benzene rings is 1. The van der Waals surface area contributed by atoms with Crippen molar-refractivity contribution in [2.75, 3.05) is 6.61 Å². The minimum absolute atomic E-state index is 0.0983. The van der Waals surface area contributed by atoms with E-state index in [2.05, 4.69) is 24.5 Å². The van der Waals surface area contributed by atoms with Crippen LogP contribution in [0.3, 0.4) is 0 Å². The van der Waals surface area contributed by atoms with Gasteiger partial charge in [0.2, 0.25) is 0 Å². The van der Waals surface area contributed by atoms with Crippen molar-refractivity contribution >= 4 is 24.6 Å². The van der Waals surface area contributed by atoms with Gasteiger partial charge < -0.3 is 4.74 Å². The highest BCUT2D eigenvalue weighted by Gasteiger charge is 1.95. The van der Waals surface area contributed by atoms with E-state index in [9.17, 15) is 4.79 Å². The largest absolute Gasteiger partial charge is 0.494 e. The Morgan fingerprint density at radius 1 is 1.30 bits per heavy atom. The summed E-state index contributed by atoms with van der Waals surface area (Å²) in [5.74, 6) is 0.752. The number of aliphatic imine (C=N–C) groups is 1. The van der Waals surface area contributed by atoms with Crippen molar-refractivity contribution in [1.82, 2.24) is 0 Å². The smallest absolute Gasteiger partial charge is 0.167 e. The van der Waals surface area contributed by atoms with Gasteiger partial charge in [0.1, 0.15) is 5.75 Å². The molecule has 0 N–H and O–H groups in total. The van der Waals surface area contributed by atoms with E-state index >= 15 is 0 Å². The molecule has 0 amide bonds. The zero-order chi connectivity index (χ0) is 15.4. The third kappa shape index (κ3) is 7.79. The van der Waals surface area contributed by atoms with Crippen LogP contribution in [0, 0.1) is 0 Å². The summed E-state index contributed by atoms with van der Waals surface area (Å²) >= 11 is 4.00. The lowest BCUT2D eigenvalue weighted by atomic mass is 10.2. The van der Waals surface area contributed by atoms with E-state index in [0.29, 0.717) is 4.91 Å². The quantitative estimate of drug-likeness (QED) is 0.483. The van der Waals surface area contributed by atoms with Crippen LogP contribution in [0.2, 0.25) is 0 Å². The predicted octanol–water partition coefficient (Wildman–Crippen LogP) is 4.28. The zero-order valence-corrected chi connectivity index (χ0v) is 13.5. The molecule has 0 aliphatic rings. The maximum Gasteiger partial charge on any atom is 0.167 e. The molecule has 0 radical (unpaired) electrons. The highest BCUT2D eigenvalue weighted by molar-refractivity contribution is 7.85. The van der Waals surface area contributed by atoms with Crippen LogP contribution in [0.5, 0.6) is 5.75 Å². The van der Waals surface area contributed by atoms with Gasteiger partial charge in [-0.1, -0.05) is 20.8 Å². The summed E-state index contributed by atoms with van der Waals surface area (Å²) < 4.78 is 5.47. The van der Waals surface area contributed by atoms with E-state index in [1.165, 1.54) is 13.1 Å². The molecule has 0 unspecified atom stereocenters. The average Bonchev–Trinajstić information content (AvgIpc) is 2.48. The molecule has 0 atom stereocenters. The van der Waals surface area contributed by atoms with Gasteiger partial charge in [-0.05, 0) is 43.2 Å². The van der Waals surface area contributed by atoms with Crippen LogP contribution in [-0.2, 0) is 4.79 Å². The number of hydrogen-bond acceptors (Lipinski definition) is 4. The second-order valence-electron chi connectivity index (χ2n) is 3.77. The topological polar surface area (TPSA) is 38.7 Å². The van der Waals surface area contributed by atoms with E-state index in [-0.39, 0.29) is 5.78 Å². The maximum absolute atomic E-state index is 10.9. The summed E-state index contributed by atoms with van der Waals surface area (Å²) in [6.45, 7) is 8.24. The second-order valence-corrected chi connectivity index (χ2v) is 4.25. The number of carbonyl (C=O) groups is 1. The molecule has 0 saturated carbocycles. The second kappa shape index (κ2) is 11.3. The number of nitrogens with zero attached hydrogens (tertiary/aromatic N) is 1. The van der Waals surface area contributed by atoms with Crippen LogP contribution in [0.15, 0.2) is 40.4 Å². The summed E-state index contributed by atoms with van der Waals surface area (Å²) in [4.78, 5) is 15.3. The summed E-state index contributed by atoms with van der Waals surface area (Å²) in [5.41, 5.74) is 0.944. The van der Waals surface area contributed by atoms with E-state index in [1.807, 2.05) is 38.1 Å². The fraction of sp³-hybridized carbons (Fsp3) is 0.375. The van der Waals surface area contributed by atoms with Gasteiger partial charge in [0.15, 0.2) is 5.78 Å². The van der Waals surface area contributed by atoms with E-state index in [0.717, 1.165) is 24.3 Å². The molecule has 110 valence electrons. The molecular formula is C16H23NO2S. The number of hydrogen-bond donors (Lipinski definition) is 1. The van der Waals surface area contributed by atoms with Gasteiger partial charge >= 0.3 is 0 Å². The monoisotopic (exact) mass is 293 g/mol. The average molecular weight is 293 g/mol. The molecule has 3 nitrogen and oxygen atoms in total. The van der Waals surface area contributed by atoms with E-state index in [1.54, 1.807) is 6.21 Å². The number of ether oxygens (including phenoxy) is 1. The Hall–Kier alpha value is -1.55. The van der Waals surface area contributed by atoms with Crippen molar-refractivity contribution < 1.29 is 9.53 Å². The van der Waals surface area contributed by atoms with Crippen LogP contribution in [0.4, 0.5) is 0 Å². The molecule has 0 aromatic heterocycles. The number of thiol groups is 1. The van der Waals surface area contributed by atoms with Crippen LogP contribution < -0.4 is 4.74 Å². The van der Waals surface area contributed by atoms with Crippen molar-refractivity contribution in [3.8, 4) is 5.75 Å². The Morgan fingerprint density at radius 3 is 2.40 bits per heavy atom. The third-order valence-electron chi connectivity index (χ3n) is 2.13. The molecule has 20 heavy (non-hydrogen) atoms. The summed E-state index contributed by atoms with van der Waals surface area (Å²) in [6, 6.07) is 7.61. The number of carbonyl (C=O) groups excluding carboxylic acids is 1. The molecule has 1 aromatic rings. The van der Waals surface area contributed by atoms with E-state index in [4.69, 9.17) is 4.74 Å². The minimum Gasteiger partial charge on any atom is -0.494 e. The Labute approximate surface area is 127 Å². The molecule has 0 aliphatic heterocycles. The van der Waals surface area contributed by atoms with Crippen LogP contribution in [0.1, 0.15) is 39.7 Å². The molecule has 0 fully saturated rings. The Balaban J connectivity index is 0.00000172. The zero-order valence-electron chi connectivity index (χ0n) is 12.6. The lowest BCUT2D eigenvalue weighted by molar-refractivity contribution is -0.112. The molecule has 0 saturated heterocycles. The summed E-state index contributed by atoms with van der Waals surface area (Å²) in [5, 5.41) is 0. The first-order valence-corrected chi connectivity index (χ1v) is 7.24. The molecule has 1 aromatic carbocycles. The van der Waals surface area contributed by atoms with Crippen molar-refractivity contribution in [1.29, 1.82) is 0 Å². The Morgan fingerprint density at radius 2 is 1.90 bits per heavy atom. The number of ketones is 1.